The number of carbonyl (C=O) groups is 1. The summed E-state index contributed by atoms with van der Waals surface area (Å²) in [5, 5.41) is 9.58. The fraction of sp³-hybridized carbons (Fsp3) is 0.588. The van der Waals surface area contributed by atoms with Gasteiger partial charge in [0.2, 0.25) is 0 Å². The molecule has 0 fully saturated rings. The van der Waals surface area contributed by atoms with Gasteiger partial charge >= 0.3 is 5.97 Å². The molecule has 1 aromatic rings. The zero-order valence-electron chi connectivity index (χ0n) is 13.0. The summed E-state index contributed by atoms with van der Waals surface area (Å²) in [4.78, 5) is 11.7. The van der Waals surface area contributed by atoms with E-state index >= 15 is 0 Å². The number of hydrogen-bond acceptors (Lipinski definition) is 2. The standard InChI is InChI=1S/C17H26O3/c1-5-8-11-20-15-10-9-14(12-13(15)4)17(6-2,7-3)16(18)19/h9-10,12H,5-8,11H2,1-4H3,(H,18,19). The molecule has 0 aromatic heterocycles. The van der Waals surface area contributed by atoms with Gasteiger partial charge in [0.1, 0.15) is 5.75 Å². The molecule has 0 aliphatic rings. The highest BCUT2D eigenvalue weighted by Gasteiger charge is 2.36. The topological polar surface area (TPSA) is 46.5 Å². The van der Waals surface area contributed by atoms with Crippen molar-refractivity contribution >= 4 is 5.97 Å². The third-order valence-electron chi connectivity index (χ3n) is 4.10. The smallest absolute Gasteiger partial charge is 0.314 e. The molecule has 0 radical (unpaired) electrons. The van der Waals surface area contributed by atoms with E-state index < -0.39 is 11.4 Å². The maximum absolute atomic E-state index is 11.7. The van der Waals surface area contributed by atoms with E-state index in [2.05, 4.69) is 6.92 Å². The SMILES string of the molecule is CCCCOc1ccc(C(CC)(CC)C(=O)O)cc1C. The van der Waals surface area contributed by atoms with Gasteiger partial charge in [-0.25, -0.2) is 0 Å². The van der Waals surface area contributed by atoms with Crippen LogP contribution in [0.15, 0.2) is 18.2 Å². The van der Waals surface area contributed by atoms with Crippen LogP contribution in [0.3, 0.4) is 0 Å². The molecule has 0 saturated heterocycles. The average Bonchev–Trinajstić information content (AvgIpc) is 2.43. The molecule has 0 spiro atoms. The van der Waals surface area contributed by atoms with E-state index in [9.17, 15) is 9.90 Å². The molecule has 1 rings (SSSR count). The molecule has 0 atom stereocenters. The minimum atomic E-state index is -0.785. The van der Waals surface area contributed by atoms with Gasteiger partial charge in [-0.3, -0.25) is 4.79 Å². The molecule has 0 aliphatic carbocycles. The van der Waals surface area contributed by atoms with E-state index in [1.54, 1.807) is 0 Å². The Hall–Kier alpha value is -1.51. The highest BCUT2D eigenvalue weighted by atomic mass is 16.5. The lowest BCUT2D eigenvalue weighted by molar-refractivity contribution is -0.144. The predicted octanol–water partition coefficient (Wildman–Crippen LogP) is 4.32. The van der Waals surface area contributed by atoms with Gasteiger partial charge in [0.15, 0.2) is 0 Å². The molecule has 3 nitrogen and oxygen atoms in total. The first-order valence-corrected chi connectivity index (χ1v) is 7.49. The normalized spacial score (nSPS) is 11.4. The summed E-state index contributed by atoms with van der Waals surface area (Å²) < 4.78 is 5.73. The summed E-state index contributed by atoms with van der Waals surface area (Å²) in [5.41, 5.74) is 1.09. The summed E-state index contributed by atoms with van der Waals surface area (Å²) in [7, 11) is 0. The van der Waals surface area contributed by atoms with Crippen molar-refractivity contribution in [1.29, 1.82) is 0 Å². The van der Waals surface area contributed by atoms with Crippen LogP contribution in [0.4, 0.5) is 0 Å². The third kappa shape index (κ3) is 3.33. The molecule has 0 unspecified atom stereocenters. The Morgan fingerprint density at radius 3 is 2.35 bits per heavy atom. The van der Waals surface area contributed by atoms with Crippen molar-refractivity contribution < 1.29 is 14.6 Å². The van der Waals surface area contributed by atoms with Crippen LogP contribution in [0.2, 0.25) is 0 Å². The van der Waals surface area contributed by atoms with E-state index in [0.29, 0.717) is 19.4 Å². The van der Waals surface area contributed by atoms with Crippen LogP contribution >= 0.6 is 0 Å². The second-order valence-corrected chi connectivity index (χ2v) is 5.28. The van der Waals surface area contributed by atoms with Gasteiger partial charge in [0.05, 0.1) is 12.0 Å². The van der Waals surface area contributed by atoms with Crippen LogP contribution in [0, 0.1) is 6.92 Å². The van der Waals surface area contributed by atoms with Crippen molar-refractivity contribution in [2.75, 3.05) is 6.61 Å². The van der Waals surface area contributed by atoms with Crippen LogP contribution in [0.25, 0.3) is 0 Å². The van der Waals surface area contributed by atoms with Gasteiger partial charge in [-0.1, -0.05) is 39.3 Å². The Bertz CT molecular complexity index is 448. The summed E-state index contributed by atoms with van der Waals surface area (Å²) in [5.74, 6) is 0.107. The van der Waals surface area contributed by atoms with Crippen molar-refractivity contribution in [2.24, 2.45) is 0 Å². The molecule has 0 saturated carbocycles. The summed E-state index contributed by atoms with van der Waals surface area (Å²) >= 11 is 0. The number of ether oxygens (including phenoxy) is 1. The fourth-order valence-electron chi connectivity index (χ4n) is 2.52. The van der Waals surface area contributed by atoms with Gasteiger partial charge in [-0.2, -0.15) is 0 Å². The molecule has 0 bridgehead atoms. The van der Waals surface area contributed by atoms with E-state index in [0.717, 1.165) is 29.7 Å². The quantitative estimate of drug-likeness (QED) is 0.720. The van der Waals surface area contributed by atoms with Crippen LogP contribution in [-0.2, 0) is 10.2 Å². The molecule has 1 aromatic carbocycles. The molecule has 1 N–H and O–H groups in total. The number of rotatable bonds is 8. The maximum Gasteiger partial charge on any atom is 0.314 e. The lowest BCUT2D eigenvalue weighted by Gasteiger charge is -2.28. The van der Waals surface area contributed by atoms with Crippen molar-refractivity contribution in [2.45, 2.75) is 58.8 Å². The number of aliphatic carboxylic acids is 1. The van der Waals surface area contributed by atoms with Gasteiger partial charge in [-0.05, 0) is 43.4 Å². The van der Waals surface area contributed by atoms with Crippen molar-refractivity contribution in [1.82, 2.24) is 0 Å². The Balaban J connectivity index is 3.03. The first-order chi connectivity index (χ1) is 9.51. The molecule has 20 heavy (non-hydrogen) atoms. The summed E-state index contributed by atoms with van der Waals surface area (Å²) in [6, 6.07) is 5.77. The minimum absolute atomic E-state index is 0.592. The van der Waals surface area contributed by atoms with Crippen molar-refractivity contribution in [3.63, 3.8) is 0 Å². The van der Waals surface area contributed by atoms with Gasteiger partial charge in [-0.15, -0.1) is 0 Å². The Kier molecular flexibility index (Phi) is 6.05. The first-order valence-electron chi connectivity index (χ1n) is 7.49. The van der Waals surface area contributed by atoms with Crippen LogP contribution < -0.4 is 4.74 Å². The molecular weight excluding hydrogens is 252 g/mol. The average molecular weight is 278 g/mol. The van der Waals surface area contributed by atoms with Gasteiger partial charge < -0.3 is 9.84 Å². The van der Waals surface area contributed by atoms with Crippen molar-refractivity contribution in [3.8, 4) is 5.75 Å². The van der Waals surface area contributed by atoms with Crippen LogP contribution in [0.5, 0.6) is 5.75 Å². The molecule has 3 heteroatoms. The highest BCUT2D eigenvalue weighted by Crippen LogP contribution is 2.34. The Morgan fingerprint density at radius 2 is 1.90 bits per heavy atom. The summed E-state index contributed by atoms with van der Waals surface area (Å²) in [6.45, 7) is 8.67. The van der Waals surface area contributed by atoms with E-state index in [1.165, 1.54) is 0 Å². The van der Waals surface area contributed by atoms with Crippen molar-refractivity contribution in [3.05, 3.63) is 29.3 Å². The van der Waals surface area contributed by atoms with Crippen LogP contribution in [-0.4, -0.2) is 17.7 Å². The largest absolute Gasteiger partial charge is 0.493 e. The van der Waals surface area contributed by atoms with Gasteiger partial charge in [0.25, 0.3) is 0 Å². The predicted molar refractivity (Wildman–Crippen MR) is 81.5 cm³/mol. The second-order valence-electron chi connectivity index (χ2n) is 5.28. The molecule has 112 valence electrons. The minimum Gasteiger partial charge on any atom is -0.493 e. The summed E-state index contributed by atoms with van der Waals surface area (Å²) in [6.07, 6.45) is 3.32. The van der Waals surface area contributed by atoms with Gasteiger partial charge in [0, 0.05) is 0 Å². The Labute approximate surface area is 122 Å². The lowest BCUT2D eigenvalue weighted by Crippen LogP contribution is -2.34. The zero-order valence-corrected chi connectivity index (χ0v) is 13.0. The number of unbranched alkanes of at least 4 members (excludes halogenated alkanes) is 1. The van der Waals surface area contributed by atoms with Crippen LogP contribution in [0.1, 0.15) is 57.6 Å². The molecule has 0 heterocycles. The first kappa shape index (κ1) is 16.5. The number of carboxylic acids is 1. The Morgan fingerprint density at radius 1 is 1.25 bits per heavy atom. The molecular formula is C17H26O3. The number of benzene rings is 1. The second kappa shape index (κ2) is 7.32. The molecule has 0 aliphatic heterocycles. The highest BCUT2D eigenvalue weighted by molar-refractivity contribution is 5.81. The fourth-order valence-corrected chi connectivity index (χ4v) is 2.52. The maximum atomic E-state index is 11.7. The zero-order chi connectivity index (χ0) is 15.2. The number of aryl methyl sites for hydroxylation is 1. The molecule has 0 amide bonds. The number of hydrogen-bond donors (Lipinski definition) is 1. The monoisotopic (exact) mass is 278 g/mol. The van der Waals surface area contributed by atoms with E-state index in [1.807, 2.05) is 39.0 Å². The van der Waals surface area contributed by atoms with E-state index in [4.69, 9.17) is 4.74 Å². The number of carboxylic acid groups (broad SMARTS) is 1. The lowest BCUT2D eigenvalue weighted by atomic mass is 9.75. The third-order valence-corrected chi connectivity index (χ3v) is 4.10. The van der Waals surface area contributed by atoms with E-state index in [-0.39, 0.29) is 0 Å².